The number of rotatable bonds is 13. The van der Waals surface area contributed by atoms with Crippen molar-refractivity contribution in [3.63, 3.8) is 0 Å². The number of aliphatic carboxylic acids is 1. The summed E-state index contributed by atoms with van der Waals surface area (Å²) in [4.78, 5) is 12.0. The lowest BCUT2D eigenvalue weighted by Crippen LogP contribution is -2.66. The van der Waals surface area contributed by atoms with Gasteiger partial charge in [0.2, 0.25) is 0 Å². The molecule has 3 aromatic carbocycles. The van der Waals surface area contributed by atoms with Gasteiger partial charge in [-0.05, 0) is 64.5 Å². The maximum Gasteiger partial charge on any atom is 0.303 e. The summed E-state index contributed by atoms with van der Waals surface area (Å²) in [5.41, 5.74) is 1.06. The first kappa shape index (κ1) is 33.8. The Hall–Kier alpha value is -3.55. The standard InChI is InChI=1S/C40H46O4SSi/c1-29-27-35(41)34(33(29)22-13-5-6-14-24-39(42)43)25-26-36(38-28-30-17-15-16-23-37(30)45-38)44-46(40(2,3)4,31-18-9-7-10-19-31)32-20-11-8-12-21-32/h5,7-13,15-21,23,25-26,28,33-36,41H,1,6,14,22,24,27H2,2-4H3,(H,42,43)/t33-,34+,35+,36+/m0/s1. The number of benzene rings is 3. The Morgan fingerprint density at radius 2 is 1.63 bits per heavy atom. The zero-order valence-corrected chi connectivity index (χ0v) is 29.0. The number of unbranched alkanes of at least 4 members (excludes halogenated alkanes) is 1. The van der Waals surface area contributed by atoms with E-state index >= 15 is 0 Å². The number of hydrogen-bond donors (Lipinski definition) is 2. The van der Waals surface area contributed by atoms with Crippen LogP contribution >= 0.6 is 11.3 Å². The first-order valence-electron chi connectivity index (χ1n) is 16.3. The second-order valence-electron chi connectivity index (χ2n) is 13.4. The minimum absolute atomic E-state index is 0.0872. The predicted octanol–water partition coefficient (Wildman–Crippen LogP) is 8.83. The lowest BCUT2D eigenvalue weighted by atomic mass is 9.89. The molecule has 0 unspecified atom stereocenters. The van der Waals surface area contributed by atoms with Crippen molar-refractivity contribution in [1.82, 2.24) is 0 Å². The van der Waals surface area contributed by atoms with Crippen molar-refractivity contribution in [3.05, 3.63) is 132 Å². The van der Waals surface area contributed by atoms with Crippen molar-refractivity contribution in [2.24, 2.45) is 11.8 Å². The van der Waals surface area contributed by atoms with Gasteiger partial charge < -0.3 is 14.6 Å². The average Bonchev–Trinajstić information content (AvgIpc) is 3.58. The van der Waals surface area contributed by atoms with Crippen LogP contribution in [0.25, 0.3) is 10.1 Å². The van der Waals surface area contributed by atoms with Gasteiger partial charge in [0.05, 0.1) is 12.2 Å². The molecule has 0 saturated heterocycles. The molecule has 0 bridgehead atoms. The molecule has 1 heterocycles. The van der Waals surface area contributed by atoms with E-state index in [1.807, 2.05) is 0 Å². The van der Waals surface area contributed by atoms with Gasteiger partial charge in [0.1, 0.15) is 0 Å². The molecular formula is C40H46O4SSi. The predicted molar refractivity (Wildman–Crippen MR) is 194 cm³/mol. The maximum atomic E-state index is 11.2. The van der Waals surface area contributed by atoms with Crippen LogP contribution in [-0.4, -0.2) is 30.6 Å². The van der Waals surface area contributed by atoms with E-state index in [-0.39, 0.29) is 29.4 Å². The van der Waals surface area contributed by atoms with Crippen LogP contribution in [0.3, 0.4) is 0 Å². The number of carbonyl (C=O) groups is 1. The molecule has 0 radical (unpaired) electrons. The Morgan fingerprint density at radius 1 is 1.00 bits per heavy atom. The Labute approximate surface area is 278 Å². The highest BCUT2D eigenvalue weighted by molar-refractivity contribution is 7.19. The summed E-state index contributed by atoms with van der Waals surface area (Å²) >= 11 is 1.77. The first-order valence-corrected chi connectivity index (χ1v) is 19.0. The van der Waals surface area contributed by atoms with Crippen LogP contribution in [0.2, 0.25) is 5.04 Å². The van der Waals surface area contributed by atoms with Crippen LogP contribution in [0, 0.1) is 11.8 Å². The molecule has 5 rings (SSSR count). The molecule has 1 aliphatic rings. The van der Waals surface area contributed by atoms with E-state index in [2.05, 4.69) is 143 Å². The number of fused-ring (bicyclic) bond motifs is 1. The Balaban J connectivity index is 1.54. The lowest BCUT2D eigenvalue weighted by molar-refractivity contribution is -0.137. The Kier molecular flexibility index (Phi) is 11.0. The van der Waals surface area contributed by atoms with Gasteiger partial charge in [-0.1, -0.05) is 136 Å². The van der Waals surface area contributed by atoms with Crippen LogP contribution in [-0.2, 0) is 9.22 Å². The highest BCUT2D eigenvalue weighted by Gasteiger charge is 2.51. The van der Waals surface area contributed by atoms with E-state index in [0.717, 1.165) is 23.3 Å². The molecule has 46 heavy (non-hydrogen) atoms. The van der Waals surface area contributed by atoms with Crippen molar-refractivity contribution in [1.29, 1.82) is 0 Å². The molecule has 1 aromatic heterocycles. The van der Waals surface area contributed by atoms with E-state index < -0.39 is 20.4 Å². The number of aliphatic hydroxyl groups excluding tert-OH is 1. The van der Waals surface area contributed by atoms with Gasteiger partial charge in [-0.15, -0.1) is 11.3 Å². The van der Waals surface area contributed by atoms with Crippen molar-refractivity contribution in [2.75, 3.05) is 0 Å². The van der Waals surface area contributed by atoms with Gasteiger partial charge in [-0.25, -0.2) is 0 Å². The summed E-state index contributed by atoms with van der Waals surface area (Å²) < 4.78 is 8.91. The normalized spacial score (nSPS) is 19.8. The Bertz CT molecular complexity index is 1600. The number of carboxylic acids is 1. The Morgan fingerprint density at radius 3 is 2.24 bits per heavy atom. The fourth-order valence-electron chi connectivity index (χ4n) is 6.86. The fraction of sp³-hybridized carbons (Fsp3) is 0.325. The summed E-state index contributed by atoms with van der Waals surface area (Å²) in [6.07, 6.45) is 10.6. The largest absolute Gasteiger partial charge is 0.481 e. The van der Waals surface area contributed by atoms with Crippen molar-refractivity contribution in [3.8, 4) is 0 Å². The quantitative estimate of drug-likeness (QED) is 0.0862. The summed E-state index contributed by atoms with van der Waals surface area (Å²) in [7, 11) is -2.89. The van der Waals surface area contributed by atoms with E-state index in [1.165, 1.54) is 20.5 Å². The monoisotopic (exact) mass is 650 g/mol. The van der Waals surface area contributed by atoms with Crippen LogP contribution < -0.4 is 10.4 Å². The third-order valence-electron chi connectivity index (χ3n) is 9.18. The van der Waals surface area contributed by atoms with E-state index in [0.29, 0.717) is 12.8 Å². The van der Waals surface area contributed by atoms with Gasteiger partial charge in [0.15, 0.2) is 0 Å². The molecule has 0 amide bonds. The summed E-state index contributed by atoms with van der Waals surface area (Å²) in [6, 6.07) is 32.2. The smallest absolute Gasteiger partial charge is 0.303 e. The molecule has 4 atom stereocenters. The van der Waals surface area contributed by atoms with Crippen molar-refractivity contribution >= 4 is 46.1 Å². The van der Waals surface area contributed by atoms with E-state index in [4.69, 9.17) is 9.53 Å². The SMILES string of the molecule is C=C1C[C@@H](O)[C@H](C=C[C@@H](O[Si](c2ccccc2)(c2ccccc2)C(C)(C)C)c2cc3ccccc3s2)[C@H]1CC=CCCCC(=O)O. The topological polar surface area (TPSA) is 66.8 Å². The molecule has 6 heteroatoms. The summed E-state index contributed by atoms with van der Waals surface area (Å²) in [5, 5.41) is 23.6. The number of aliphatic hydroxyl groups is 1. The first-order chi connectivity index (χ1) is 22.1. The van der Waals surface area contributed by atoms with Crippen LogP contribution in [0.15, 0.2) is 127 Å². The van der Waals surface area contributed by atoms with Gasteiger partial charge in [0, 0.05) is 21.9 Å². The molecule has 1 aliphatic carbocycles. The zero-order chi connectivity index (χ0) is 32.7. The van der Waals surface area contributed by atoms with E-state index in [9.17, 15) is 9.90 Å². The molecule has 1 saturated carbocycles. The molecule has 2 N–H and O–H groups in total. The maximum absolute atomic E-state index is 11.2. The third-order valence-corrected chi connectivity index (χ3v) is 15.4. The number of thiophene rings is 1. The van der Waals surface area contributed by atoms with Crippen LogP contribution in [0.5, 0.6) is 0 Å². The van der Waals surface area contributed by atoms with Gasteiger partial charge in [-0.2, -0.15) is 0 Å². The van der Waals surface area contributed by atoms with E-state index in [1.54, 1.807) is 11.3 Å². The fourth-order valence-corrected chi connectivity index (χ4v) is 12.6. The molecule has 1 fully saturated rings. The molecule has 240 valence electrons. The number of carboxylic acid groups (broad SMARTS) is 1. The molecule has 4 aromatic rings. The van der Waals surface area contributed by atoms with Gasteiger partial charge in [0.25, 0.3) is 8.32 Å². The average molecular weight is 651 g/mol. The minimum atomic E-state index is -2.89. The van der Waals surface area contributed by atoms with Gasteiger partial charge in [-0.3, -0.25) is 4.79 Å². The second-order valence-corrected chi connectivity index (χ2v) is 18.7. The van der Waals surface area contributed by atoms with Crippen LogP contribution in [0.1, 0.15) is 63.9 Å². The molecular weight excluding hydrogens is 605 g/mol. The van der Waals surface area contributed by atoms with Crippen LogP contribution in [0.4, 0.5) is 0 Å². The zero-order valence-electron chi connectivity index (χ0n) is 27.1. The van der Waals surface area contributed by atoms with Crippen molar-refractivity contribution < 1.29 is 19.4 Å². The molecule has 0 aliphatic heterocycles. The molecule has 0 spiro atoms. The second kappa shape index (κ2) is 14.9. The highest BCUT2D eigenvalue weighted by Crippen LogP contribution is 2.44. The van der Waals surface area contributed by atoms with Gasteiger partial charge >= 0.3 is 5.97 Å². The summed E-state index contributed by atoms with van der Waals surface area (Å²) in [5.74, 6) is -0.743. The minimum Gasteiger partial charge on any atom is -0.481 e. The molecule has 4 nitrogen and oxygen atoms in total. The van der Waals surface area contributed by atoms with Crippen molar-refractivity contribution in [2.45, 2.75) is 70.1 Å². The lowest BCUT2D eigenvalue weighted by Gasteiger charge is -2.44. The summed E-state index contributed by atoms with van der Waals surface area (Å²) in [6.45, 7) is 11.2. The number of hydrogen-bond acceptors (Lipinski definition) is 4. The highest BCUT2D eigenvalue weighted by atomic mass is 32.1. The number of allylic oxidation sites excluding steroid dienone is 2. The third kappa shape index (κ3) is 7.53.